The Morgan fingerprint density at radius 1 is 1.04 bits per heavy atom. The van der Waals surface area contributed by atoms with Crippen LogP contribution >= 0.6 is 0 Å². The summed E-state index contributed by atoms with van der Waals surface area (Å²) in [6, 6.07) is 14.3. The van der Waals surface area contributed by atoms with Crippen molar-refractivity contribution in [2.45, 2.75) is 4.90 Å². The summed E-state index contributed by atoms with van der Waals surface area (Å²) in [6.07, 6.45) is 1.47. The number of aromatic nitrogens is 1. The number of H-pyrrole nitrogens is 1. The molecule has 0 atom stereocenters. The Morgan fingerprint density at radius 3 is 2.46 bits per heavy atom. The van der Waals surface area contributed by atoms with Crippen molar-refractivity contribution in [1.29, 1.82) is 0 Å². The van der Waals surface area contributed by atoms with Gasteiger partial charge >= 0.3 is 0 Å². The largest absolute Gasteiger partial charge is 0.463 e. The zero-order valence-electron chi connectivity index (χ0n) is 13.6. The number of hydrogen-bond donors (Lipinski definition) is 2. The fourth-order valence-electron chi connectivity index (χ4n) is 2.37. The van der Waals surface area contributed by atoms with Gasteiger partial charge in [-0.1, -0.05) is 18.2 Å². The quantitative estimate of drug-likeness (QED) is 0.686. The number of carbonyl (C=O) groups is 1. The fraction of sp³-hybridized carbons (Fsp3) is 0.111. The fourth-order valence-corrected chi connectivity index (χ4v) is 3.55. The van der Waals surface area contributed by atoms with Crippen LogP contribution in [0.3, 0.4) is 0 Å². The number of sulfone groups is 1. The standard InChI is InChI=1S/C18H16N2O5S/c21-17(19-10-12-26(23,24)13-5-2-1-3-6-13)14-8-9-15(20-18(14)22)16-7-4-11-25-16/h1-9,11H,10,12H2,(H,19,21)(H,20,22). The molecule has 26 heavy (non-hydrogen) atoms. The Kier molecular flexibility index (Phi) is 5.04. The van der Waals surface area contributed by atoms with Gasteiger partial charge in [0.2, 0.25) is 0 Å². The van der Waals surface area contributed by atoms with E-state index in [2.05, 4.69) is 10.3 Å². The van der Waals surface area contributed by atoms with E-state index in [1.807, 2.05) is 0 Å². The van der Waals surface area contributed by atoms with E-state index in [1.54, 1.807) is 36.4 Å². The van der Waals surface area contributed by atoms with Crippen molar-refractivity contribution in [1.82, 2.24) is 10.3 Å². The van der Waals surface area contributed by atoms with E-state index in [4.69, 9.17) is 4.42 Å². The third-order valence-electron chi connectivity index (χ3n) is 3.70. The van der Waals surface area contributed by atoms with Crippen molar-refractivity contribution in [3.05, 3.63) is 76.8 Å². The molecule has 0 saturated heterocycles. The van der Waals surface area contributed by atoms with Crippen molar-refractivity contribution >= 4 is 15.7 Å². The van der Waals surface area contributed by atoms with Gasteiger partial charge in [-0.2, -0.15) is 0 Å². The average molecular weight is 372 g/mol. The maximum atomic E-state index is 12.2. The zero-order valence-corrected chi connectivity index (χ0v) is 14.5. The molecule has 7 nitrogen and oxygen atoms in total. The van der Waals surface area contributed by atoms with Crippen LogP contribution in [0.4, 0.5) is 0 Å². The third kappa shape index (κ3) is 3.92. The molecule has 2 aromatic heterocycles. The highest BCUT2D eigenvalue weighted by molar-refractivity contribution is 7.91. The molecule has 0 radical (unpaired) electrons. The molecular weight excluding hydrogens is 356 g/mol. The summed E-state index contributed by atoms with van der Waals surface area (Å²) in [6.45, 7) is -0.102. The van der Waals surface area contributed by atoms with E-state index in [0.717, 1.165) is 0 Å². The minimum absolute atomic E-state index is 0.0996. The lowest BCUT2D eigenvalue weighted by atomic mass is 10.2. The van der Waals surface area contributed by atoms with E-state index >= 15 is 0 Å². The van der Waals surface area contributed by atoms with Crippen molar-refractivity contribution in [3.8, 4) is 11.5 Å². The molecule has 0 aliphatic carbocycles. The first-order valence-corrected chi connectivity index (χ1v) is 9.46. The molecule has 1 amide bonds. The van der Waals surface area contributed by atoms with E-state index < -0.39 is 21.3 Å². The van der Waals surface area contributed by atoms with Crippen LogP contribution in [0, 0.1) is 0 Å². The maximum Gasteiger partial charge on any atom is 0.261 e. The zero-order chi connectivity index (χ0) is 18.6. The Hall–Kier alpha value is -3.13. The molecule has 0 spiro atoms. The molecule has 3 aromatic rings. The highest BCUT2D eigenvalue weighted by Crippen LogP contribution is 2.15. The Bertz CT molecular complexity index is 1050. The second kappa shape index (κ2) is 7.40. The lowest BCUT2D eigenvalue weighted by molar-refractivity contribution is 0.0954. The number of carbonyl (C=O) groups excluding carboxylic acids is 1. The molecule has 0 aliphatic rings. The summed E-state index contributed by atoms with van der Waals surface area (Å²) in [5.41, 5.74) is -0.233. The first-order valence-electron chi connectivity index (χ1n) is 7.80. The minimum Gasteiger partial charge on any atom is -0.463 e. The number of rotatable bonds is 6. The molecule has 0 fully saturated rings. The second-order valence-corrected chi connectivity index (χ2v) is 7.59. The smallest absolute Gasteiger partial charge is 0.261 e. The van der Waals surface area contributed by atoms with Gasteiger partial charge in [-0.05, 0) is 36.4 Å². The van der Waals surface area contributed by atoms with Crippen LogP contribution in [-0.4, -0.2) is 31.6 Å². The van der Waals surface area contributed by atoms with Gasteiger partial charge in [0, 0.05) is 6.54 Å². The Labute approximate surface area is 149 Å². The molecule has 0 unspecified atom stereocenters. The van der Waals surface area contributed by atoms with Gasteiger partial charge in [0.25, 0.3) is 11.5 Å². The molecule has 2 heterocycles. The predicted octanol–water partition coefficient (Wildman–Crippen LogP) is 1.84. The van der Waals surface area contributed by atoms with Crippen LogP contribution in [0.5, 0.6) is 0 Å². The van der Waals surface area contributed by atoms with E-state index in [-0.39, 0.29) is 22.8 Å². The molecule has 0 saturated carbocycles. The van der Waals surface area contributed by atoms with E-state index in [1.165, 1.54) is 24.5 Å². The van der Waals surface area contributed by atoms with Gasteiger partial charge in [-0.15, -0.1) is 0 Å². The Morgan fingerprint density at radius 2 is 1.81 bits per heavy atom. The van der Waals surface area contributed by atoms with E-state index in [9.17, 15) is 18.0 Å². The molecule has 0 bridgehead atoms. The summed E-state index contributed by atoms with van der Waals surface area (Å²) in [5, 5.41) is 2.46. The second-order valence-electron chi connectivity index (χ2n) is 5.48. The van der Waals surface area contributed by atoms with Crippen molar-refractivity contribution in [2.24, 2.45) is 0 Å². The topological polar surface area (TPSA) is 109 Å². The predicted molar refractivity (Wildman–Crippen MR) is 95.6 cm³/mol. The van der Waals surface area contributed by atoms with Crippen LogP contribution < -0.4 is 10.9 Å². The average Bonchev–Trinajstić information content (AvgIpc) is 3.17. The Balaban J connectivity index is 1.65. The summed E-state index contributed by atoms with van der Waals surface area (Å²) >= 11 is 0. The van der Waals surface area contributed by atoms with Crippen LogP contribution in [-0.2, 0) is 9.84 Å². The SMILES string of the molecule is O=C(NCCS(=O)(=O)c1ccccc1)c1ccc(-c2ccco2)[nH]c1=O. The van der Waals surface area contributed by atoms with E-state index in [0.29, 0.717) is 11.5 Å². The molecule has 0 aliphatic heterocycles. The summed E-state index contributed by atoms with van der Waals surface area (Å²) < 4.78 is 29.5. The number of hydrogen-bond acceptors (Lipinski definition) is 5. The first-order chi connectivity index (χ1) is 12.5. The minimum atomic E-state index is -3.50. The third-order valence-corrected chi connectivity index (χ3v) is 5.43. The number of amides is 1. The van der Waals surface area contributed by atoms with Crippen molar-refractivity contribution in [2.75, 3.05) is 12.3 Å². The highest BCUT2D eigenvalue weighted by Gasteiger charge is 2.16. The maximum absolute atomic E-state index is 12.2. The number of furan rings is 1. The highest BCUT2D eigenvalue weighted by atomic mass is 32.2. The van der Waals surface area contributed by atoms with Crippen LogP contribution in [0.15, 0.2) is 75.0 Å². The number of aromatic amines is 1. The lowest BCUT2D eigenvalue weighted by Gasteiger charge is -2.07. The summed E-state index contributed by atoms with van der Waals surface area (Å²) in [5.74, 6) is -0.422. The van der Waals surface area contributed by atoms with Gasteiger partial charge in [-0.25, -0.2) is 8.42 Å². The lowest BCUT2D eigenvalue weighted by Crippen LogP contribution is -2.33. The normalized spacial score (nSPS) is 11.2. The van der Waals surface area contributed by atoms with Gasteiger partial charge in [0.1, 0.15) is 11.3 Å². The van der Waals surface area contributed by atoms with Crippen LogP contribution in [0.25, 0.3) is 11.5 Å². The van der Waals surface area contributed by atoms with Gasteiger partial charge < -0.3 is 14.7 Å². The van der Waals surface area contributed by atoms with Crippen molar-refractivity contribution < 1.29 is 17.6 Å². The van der Waals surface area contributed by atoms with Gasteiger partial charge in [-0.3, -0.25) is 9.59 Å². The molecule has 2 N–H and O–H groups in total. The molecule has 134 valence electrons. The summed E-state index contributed by atoms with van der Waals surface area (Å²) in [7, 11) is -3.50. The molecular formula is C18H16N2O5S. The molecule has 3 rings (SSSR count). The molecule has 1 aromatic carbocycles. The summed E-state index contributed by atoms with van der Waals surface area (Å²) in [4.78, 5) is 27.0. The van der Waals surface area contributed by atoms with Gasteiger partial charge in [0.15, 0.2) is 9.84 Å². The number of nitrogens with one attached hydrogen (secondary N) is 2. The van der Waals surface area contributed by atoms with Gasteiger partial charge in [0.05, 0.1) is 22.6 Å². The number of benzene rings is 1. The number of pyridine rings is 1. The monoisotopic (exact) mass is 372 g/mol. The van der Waals surface area contributed by atoms with Crippen LogP contribution in [0.1, 0.15) is 10.4 Å². The molecule has 8 heteroatoms. The van der Waals surface area contributed by atoms with Crippen LogP contribution in [0.2, 0.25) is 0 Å². The van der Waals surface area contributed by atoms with Crippen molar-refractivity contribution in [3.63, 3.8) is 0 Å². The first kappa shape index (κ1) is 17.7.